The molecule has 36 heavy (non-hydrogen) atoms. The van der Waals surface area contributed by atoms with Gasteiger partial charge in [0, 0.05) is 21.7 Å². The van der Waals surface area contributed by atoms with Gasteiger partial charge in [0.1, 0.15) is 12.2 Å². The molecule has 0 unspecified atom stereocenters. The van der Waals surface area contributed by atoms with Crippen LogP contribution in [0.3, 0.4) is 0 Å². The Balaban J connectivity index is 1.62. The summed E-state index contributed by atoms with van der Waals surface area (Å²) in [5.74, 6) is -0.428. The van der Waals surface area contributed by atoms with Gasteiger partial charge in [0.05, 0.1) is 11.1 Å². The summed E-state index contributed by atoms with van der Waals surface area (Å²) in [6, 6.07) is 7.69. The molecular formula is C26H25BrCl2N2O5. The van der Waals surface area contributed by atoms with E-state index in [0.29, 0.717) is 38.2 Å². The van der Waals surface area contributed by atoms with Crippen LogP contribution in [-0.2, 0) is 16.2 Å². The summed E-state index contributed by atoms with van der Waals surface area (Å²) in [4.78, 5) is 39.5. The van der Waals surface area contributed by atoms with Crippen molar-refractivity contribution in [3.05, 3.63) is 61.5 Å². The molecule has 10 heteroatoms. The van der Waals surface area contributed by atoms with Gasteiger partial charge in [-0.15, -0.1) is 0 Å². The third-order valence-electron chi connectivity index (χ3n) is 6.10. The molecule has 2 aliphatic rings. The molecule has 0 spiro atoms. The Morgan fingerprint density at radius 2 is 1.83 bits per heavy atom. The molecular weight excluding hydrogens is 571 g/mol. The van der Waals surface area contributed by atoms with Crippen LogP contribution in [0, 0.1) is 0 Å². The number of carbonyl (C=O) groups excluding carboxylic acids is 3. The zero-order valence-corrected chi connectivity index (χ0v) is 22.7. The van der Waals surface area contributed by atoms with Crippen LogP contribution in [0.25, 0.3) is 6.08 Å². The number of hydrogen-bond donors (Lipinski definition) is 1. The van der Waals surface area contributed by atoms with Crippen molar-refractivity contribution < 1.29 is 23.9 Å². The van der Waals surface area contributed by atoms with Crippen LogP contribution in [0.1, 0.15) is 50.2 Å². The highest BCUT2D eigenvalue weighted by molar-refractivity contribution is 9.10. The zero-order valence-electron chi connectivity index (χ0n) is 19.6. The maximum Gasteiger partial charge on any atom is 0.331 e. The molecule has 2 aromatic carbocycles. The predicted octanol–water partition coefficient (Wildman–Crippen LogP) is 6.53. The Morgan fingerprint density at radius 1 is 1.08 bits per heavy atom. The van der Waals surface area contributed by atoms with Gasteiger partial charge < -0.3 is 9.47 Å². The largest absolute Gasteiger partial charge is 0.490 e. The molecule has 1 heterocycles. The molecule has 0 bridgehead atoms. The van der Waals surface area contributed by atoms with Crippen LogP contribution in [-0.4, -0.2) is 35.4 Å². The van der Waals surface area contributed by atoms with Crippen LogP contribution in [0.4, 0.5) is 4.79 Å². The number of rotatable bonds is 7. The molecule has 1 N–H and O–H groups in total. The average molecular weight is 596 g/mol. The number of imide groups is 2. The fourth-order valence-corrected chi connectivity index (χ4v) is 5.41. The van der Waals surface area contributed by atoms with Gasteiger partial charge in [0.2, 0.25) is 0 Å². The van der Waals surface area contributed by atoms with Crippen LogP contribution in [0.5, 0.6) is 11.5 Å². The third kappa shape index (κ3) is 5.88. The lowest BCUT2D eigenvalue weighted by atomic mass is 9.93. The number of carbonyl (C=O) groups is 3. The van der Waals surface area contributed by atoms with Gasteiger partial charge in [0.15, 0.2) is 11.5 Å². The number of barbiturate groups is 1. The molecule has 190 valence electrons. The van der Waals surface area contributed by atoms with Crippen LogP contribution in [0.2, 0.25) is 10.0 Å². The second-order valence-corrected chi connectivity index (χ2v) is 10.3. The number of urea groups is 1. The van der Waals surface area contributed by atoms with Crippen molar-refractivity contribution in [2.24, 2.45) is 0 Å². The van der Waals surface area contributed by atoms with E-state index >= 15 is 0 Å². The highest BCUT2D eigenvalue weighted by Crippen LogP contribution is 2.39. The fraction of sp³-hybridized carbons (Fsp3) is 0.346. The van der Waals surface area contributed by atoms with E-state index in [1.807, 2.05) is 6.92 Å². The van der Waals surface area contributed by atoms with E-state index in [-0.39, 0.29) is 18.2 Å². The van der Waals surface area contributed by atoms with Gasteiger partial charge in [-0.05, 0) is 71.6 Å². The number of ether oxygens (including phenoxy) is 2. The van der Waals surface area contributed by atoms with Gasteiger partial charge in [-0.3, -0.25) is 19.8 Å². The number of benzene rings is 2. The summed E-state index contributed by atoms with van der Waals surface area (Å²) in [5, 5.41) is 3.32. The number of hydrogen-bond acceptors (Lipinski definition) is 5. The standard InChI is InChI=1S/C26H25BrCl2N2O5/c1-2-35-22-12-15(11-20(27)23(22)36-14-16-8-9-17(28)13-21(16)29)10-19-24(32)30-26(34)31(25(19)33)18-6-4-3-5-7-18/h8-13,18H,2-7,14H2,1H3,(H,30,32,34). The predicted molar refractivity (Wildman–Crippen MR) is 141 cm³/mol. The Morgan fingerprint density at radius 3 is 2.53 bits per heavy atom. The zero-order chi connectivity index (χ0) is 25.8. The van der Waals surface area contributed by atoms with Crippen LogP contribution >= 0.6 is 39.1 Å². The molecule has 0 aromatic heterocycles. The molecule has 2 fully saturated rings. The summed E-state index contributed by atoms with van der Waals surface area (Å²) < 4.78 is 12.4. The van der Waals surface area contributed by atoms with Gasteiger partial charge in [0.25, 0.3) is 11.8 Å². The van der Waals surface area contributed by atoms with E-state index in [0.717, 1.165) is 37.7 Å². The van der Waals surface area contributed by atoms with Crippen LogP contribution in [0.15, 0.2) is 40.4 Å². The molecule has 4 amide bonds. The number of amides is 4. The minimum atomic E-state index is -0.719. The van der Waals surface area contributed by atoms with E-state index < -0.39 is 17.8 Å². The van der Waals surface area contributed by atoms with Crippen molar-refractivity contribution in [2.75, 3.05) is 6.61 Å². The minimum Gasteiger partial charge on any atom is -0.490 e. The Labute approximate surface area is 227 Å². The van der Waals surface area contributed by atoms with Crippen molar-refractivity contribution in [3.8, 4) is 11.5 Å². The highest BCUT2D eigenvalue weighted by Gasteiger charge is 2.40. The first-order valence-corrected chi connectivity index (χ1v) is 13.3. The monoisotopic (exact) mass is 594 g/mol. The number of halogens is 3. The number of nitrogens with zero attached hydrogens (tertiary/aromatic N) is 1. The summed E-state index contributed by atoms with van der Waals surface area (Å²) >= 11 is 15.7. The van der Waals surface area contributed by atoms with E-state index in [9.17, 15) is 14.4 Å². The van der Waals surface area contributed by atoms with E-state index in [1.165, 1.54) is 11.0 Å². The van der Waals surface area contributed by atoms with Gasteiger partial charge in [-0.1, -0.05) is 48.5 Å². The molecule has 2 aromatic rings. The van der Waals surface area contributed by atoms with E-state index in [2.05, 4.69) is 21.2 Å². The number of nitrogens with one attached hydrogen (secondary N) is 1. The Kier molecular flexibility index (Phi) is 8.59. The molecule has 0 atom stereocenters. The Bertz CT molecular complexity index is 1230. The van der Waals surface area contributed by atoms with Gasteiger partial charge >= 0.3 is 6.03 Å². The van der Waals surface area contributed by atoms with E-state index in [4.69, 9.17) is 32.7 Å². The first-order valence-electron chi connectivity index (χ1n) is 11.7. The first kappa shape index (κ1) is 26.5. The summed E-state index contributed by atoms with van der Waals surface area (Å²) in [6.07, 6.45) is 5.92. The maximum atomic E-state index is 13.2. The van der Waals surface area contributed by atoms with Gasteiger partial charge in [-0.25, -0.2) is 4.79 Å². The molecule has 1 saturated heterocycles. The normalized spacial score (nSPS) is 17.9. The molecule has 7 nitrogen and oxygen atoms in total. The molecule has 1 aliphatic carbocycles. The topological polar surface area (TPSA) is 84.9 Å². The highest BCUT2D eigenvalue weighted by atomic mass is 79.9. The maximum absolute atomic E-state index is 13.2. The molecule has 1 saturated carbocycles. The second kappa shape index (κ2) is 11.7. The lowest BCUT2D eigenvalue weighted by Gasteiger charge is -2.35. The summed E-state index contributed by atoms with van der Waals surface area (Å²) in [6.45, 7) is 2.38. The molecule has 0 radical (unpaired) electrons. The fourth-order valence-electron chi connectivity index (χ4n) is 4.37. The SMILES string of the molecule is CCOc1cc(C=C2C(=O)NC(=O)N(C3CCCCC3)C2=O)cc(Br)c1OCc1ccc(Cl)cc1Cl. The third-order valence-corrected chi connectivity index (χ3v) is 7.28. The lowest BCUT2D eigenvalue weighted by Crippen LogP contribution is -2.58. The van der Waals surface area contributed by atoms with Gasteiger partial charge in [-0.2, -0.15) is 0 Å². The summed E-state index contributed by atoms with van der Waals surface area (Å²) in [5.41, 5.74) is 1.19. The first-order chi connectivity index (χ1) is 17.3. The molecule has 4 rings (SSSR count). The quantitative estimate of drug-likeness (QED) is 0.291. The average Bonchev–Trinajstić information content (AvgIpc) is 2.83. The van der Waals surface area contributed by atoms with Crippen molar-refractivity contribution in [1.82, 2.24) is 10.2 Å². The van der Waals surface area contributed by atoms with E-state index in [1.54, 1.807) is 30.3 Å². The van der Waals surface area contributed by atoms with Crippen molar-refractivity contribution in [3.63, 3.8) is 0 Å². The van der Waals surface area contributed by atoms with Crippen molar-refractivity contribution >= 4 is 63.1 Å². The van der Waals surface area contributed by atoms with Crippen molar-refractivity contribution in [2.45, 2.75) is 51.7 Å². The smallest absolute Gasteiger partial charge is 0.331 e. The second-order valence-electron chi connectivity index (χ2n) is 8.57. The summed E-state index contributed by atoms with van der Waals surface area (Å²) in [7, 11) is 0. The molecule has 1 aliphatic heterocycles. The lowest BCUT2D eigenvalue weighted by molar-refractivity contribution is -0.132. The minimum absolute atomic E-state index is 0.101. The Hall–Kier alpha value is -2.55. The van der Waals surface area contributed by atoms with Crippen molar-refractivity contribution in [1.29, 1.82) is 0 Å². The van der Waals surface area contributed by atoms with Crippen LogP contribution < -0.4 is 14.8 Å².